The third kappa shape index (κ3) is 2.97. The van der Waals surface area contributed by atoms with Gasteiger partial charge in [0, 0.05) is 18.0 Å². The number of nitrogens with two attached hydrogens (primary N) is 1. The minimum Gasteiger partial charge on any atom is -0.318 e. The third-order valence-electron chi connectivity index (χ3n) is 3.72. The Labute approximate surface area is 144 Å². The third-order valence-corrected chi connectivity index (χ3v) is 3.72. The molecule has 0 amide bonds. The zero-order chi connectivity index (χ0) is 15.6. The van der Waals surface area contributed by atoms with E-state index in [0.29, 0.717) is 5.69 Å². The van der Waals surface area contributed by atoms with E-state index in [4.69, 9.17) is 5.73 Å². The molecule has 4 rings (SSSR count). The molecule has 4 aromatic rings. The number of fused-ring (bicyclic) bond motifs is 1. The van der Waals surface area contributed by atoms with Crippen LogP contribution >= 0.6 is 12.4 Å². The molecule has 3 N–H and O–H groups in total. The average Bonchev–Trinajstić information content (AvgIpc) is 3.15. The van der Waals surface area contributed by atoms with Gasteiger partial charge < -0.3 is 5.73 Å². The van der Waals surface area contributed by atoms with Crippen molar-refractivity contribution in [2.75, 3.05) is 0 Å². The van der Waals surface area contributed by atoms with Crippen molar-refractivity contribution in [1.82, 2.24) is 25.1 Å². The topological polar surface area (TPSA) is 93.4 Å². The van der Waals surface area contributed by atoms with Crippen LogP contribution in [0.5, 0.6) is 0 Å². The molecule has 3 heterocycles. The van der Waals surface area contributed by atoms with Gasteiger partial charge in [0.25, 0.3) is 0 Å². The number of pyridine rings is 1. The number of nitrogens with one attached hydrogen (secondary N) is 1. The Morgan fingerprint density at radius 2 is 1.83 bits per heavy atom. The molecule has 120 valence electrons. The summed E-state index contributed by atoms with van der Waals surface area (Å²) in [4.78, 5) is 13.4. The first kappa shape index (κ1) is 16.0. The van der Waals surface area contributed by atoms with Crippen molar-refractivity contribution in [2.45, 2.75) is 6.04 Å². The first-order valence-corrected chi connectivity index (χ1v) is 7.23. The summed E-state index contributed by atoms with van der Waals surface area (Å²) in [5, 5.41) is 6.77. The van der Waals surface area contributed by atoms with E-state index in [1.165, 1.54) is 0 Å². The van der Waals surface area contributed by atoms with Gasteiger partial charge in [0.1, 0.15) is 0 Å². The van der Waals surface area contributed by atoms with Crippen molar-refractivity contribution in [2.24, 2.45) is 5.73 Å². The maximum absolute atomic E-state index is 6.24. The molecule has 3 aromatic heterocycles. The first-order valence-electron chi connectivity index (χ1n) is 7.23. The van der Waals surface area contributed by atoms with E-state index in [1.807, 2.05) is 42.6 Å². The van der Waals surface area contributed by atoms with Crippen LogP contribution in [0.15, 0.2) is 61.2 Å². The van der Waals surface area contributed by atoms with Crippen LogP contribution in [0, 0.1) is 0 Å². The lowest BCUT2D eigenvalue weighted by Crippen LogP contribution is -2.15. The highest BCUT2D eigenvalue weighted by molar-refractivity contribution is 5.85. The van der Waals surface area contributed by atoms with Crippen LogP contribution in [-0.2, 0) is 0 Å². The molecule has 24 heavy (non-hydrogen) atoms. The fraction of sp³-hybridized carbons (Fsp3) is 0.0588. The van der Waals surface area contributed by atoms with Gasteiger partial charge in [-0.1, -0.05) is 12.1 Å². The summed E-state index contributed by atoms with van der Waals surface area (Å²) in [6.07, 6.45) is 7.06. The summed E-state index contributed by atoms with van der Waals surface area (Å²) < 4.78 is 0. The molecule has 0 saturated heterocycles. The molecular formula is C17H15ClN6. The van der Waals surface area contributed by atoms with Crippen LogP contribution in [0.25, 0.3) is 22.2 Å². The fourth-order valence-corrected chi connectivity index (χ4v) is 2.47. The highest BCUT2D eigenvalue weighted by Crippen LogP contribution is 2.23. The maximum atomic E-state index is 6.24. The molecule has 0 spiro atoms. The summed E-state index contributed by atoms with van der Waals surface area (Å²) in [6, 6.07) is 11.2. The minimum absolute atomic E-state index is 0. The van der Waals surface area contributed by atoms with Gasteiger partial charge in [-0.25, -0.2) is 4.98 Å². The Morgan fingerprint density at radius 1 is 0.917 bits per heavy atom. The van der Waals surface area contributed by atoms with Gasteiger partial charge in [-0.15, -0.1) is 12.4 Å². The van der Waals surface area contributed by atoms with Gasteiger partial charge in [0.2, 0.25) is 0 Å². The van der Waals surface area contributed by atoms with Crippen LogP contribution in [0.3, 0.4) is 0 Å². The van der Waals surface area contributed by atoms with Crippen LogP contribution in [-0.4, -0.2) is 25.1 Å². The zero-order valence-electron chi connectivity index (χ0n) is 12.6. The van der Waals surface area contributed by atoms with E-state index in [0.717, 1.165) is 27.9 Å². The standard InChI is InChI=1S/C17H14N6.ClH/c18-17(14-3-1-2-6-19-14)16-10-20-15-7-11(4-5-13(15)23-16)12-8-21-22-9-12;/h1-10,17H,18H2,(H,21,22);1H. The van der Waals surface area contributed by atoms with Gasteiger partial charge in [-0.05, 0) is 29.8 Å². The quantitative estimate of drug-likeness (QED) is 0.599. The molecule has 0 saturated carbocycles. The molecule has 7 heteroatoms. The Hall–Kier alpha value is -2.83. The Balaban J connectivity index is 0.00000169. The minimum atomic E-state index is -0.387. The highest BCUT2D eigenvalue weighted by atomic mass is 35.5. The predicted molar refractivity (Wildman–Crippen MR) is 94.6 cm³/mol. The number of H-pyrrole nitrogens is 1. The fourth-order valence-electron chi connectivity index (χ4n) is 2.47. The number of halogens is 1. The summed E-state index contributed by atoms with van der Waals surface area (Å²) in [5.41, 5.74) is 11.4. The van der Waals surface area contributed by atoms with Crippen LogP contribution < -0.4 is 5.73 Å². The Kier molecular flexibility index (Phi) is 4.50. The van der Waals surface area contributed by atoms with Crippen LogP contribution in [0.1, 0.15) is 17.4 Å². The van der Waals surface area contributed by atoms with E-state index in [9.17, 15) is 0 Å². The van der Waals surface area contributed by atoms with E-state index >= 15 is 0 Å². The first-order chi connectivity index (χ1) is 11.3. The number of hydrogen-bond donors (Lipinski definition) is 2. The Bertz CT molecular complexity index is 940. The lowest BCUT2D eigenvalue weighted by Gasteiger charge is -2.11. The van der Waals surface area contributed by atoms with Crippen molar-refractivity contribution < 1.29 is 0 Å². The maximum Gasteiger partial charge on any atom is 0.0916 e. The second kappa shape index (κ2) is 6.74. The van der Waals surface area contributed by atoms with E-state index in [2.05, 4.69) is 25.1 Å². The molecule has 1 atom stereocenters. The number of rotatable bonds is 3. The number of benzene rings is 1. The normalized spacial score (nSPS) is 11.9. The van der Waals surface area contributed by atoms with Gasteiger partial charge in [0.15, 0.2) is 0 Å². The van der Waals surface area contributed by atoms with Crippen molar-refractivity contribution in [3.05, 3.63) is 72.6 Å². The molecule has 1 unspecified atom stereocenters. The number of hydrogen-bond acceptors (Lipinski definition) is 5. The molecule has 1 aromatic carbocycles. The van der Waals surface area contributed by atoms with Crippen LogP contribution in [0.4, 0.5) is 0 Å². The summed E-state index contributed by atoms with van der Waals surface area (Å²) in [7, 11) is 0. The van der Waals surface area contributed by atoms with E-state index < -0.39 is 0 Å². The summed E-state index contributed by atoms with van der Waals surface area (Å²) in [6.45, 7) is 0. The second-order valence-corrected chi connectivity index (χ2v) is 5.22. The van der Waals surface area contributed by atoms with Crippen LogP contribution in [0.2, 0.25) is 0 Å². The molecule has 6 nitrogen and oxygen atoms in total. The molecule has 0 aliphatic heterocycles. The average molecular weight is 339 g/mol. The van der Waals surface area contributed by atoms with E-state index in [1.54, 1.807) is 18.6 Å². The zero-order valence-corrected chi connectivity index (χ0v) is 13.4. The molecule has 0 aliphatic rings. The van der Waals surface area contributed by atoms with Gasteiger partial charge in [-0.3, -0.25) is 15.1 Å². The second-order valence-electron chi connectivity index (χ2n) is 5.22. The monoisotopic (exact) mass is 338 g/mol. The summed E-state index contributed by atoms with van der Waals surface area (Å²) in [5.74, 6) is 0. The van der Waals surface area contributed by atoms with Crippen molar-refractivity contribution in [1.29, 1.82) is 0 Å². The number of aromatic amines is 1. The van der Waals surface area contributed by atoms with Crippen molar-refractivity contribution in [3.8, 4) is 11.1 Å². The molecule has 0 bridgehead atoms. The van der Waals surface area contributed by atoms with Gasteiger partial charge in [-0.2, -0.15) is 5.10 Å². The smallest absolute Gasteiger partial charge is 0.0916 e. The predicted octanol–water partition coefficient (Wildman–Crippen LogP) is 2.88. The van der Waals surface area contributed by atoms with E-state index in [-0.39, 0.29) is 18.4 Å². The van der Waals surface area contributed by atoms with Crippen molar-refractivity contribution >= 4 is 23.4 Å². The van der Waals surface area contributed by atoms with Gasteiger partial charge >= 0.3 is 0 Å². The SMILES string of the molecule is Cl.NC(c1ccccn1)c1cnc2cc(-c3cn[nH]c3)ccc2n1. The highest BCUT2D eigenvalue weighted by Gasteiger charge is 2.13. The van der Waals surface area contributed by atoms with Crippen molar-refractivity contribution in [3.63, 3.8) is 0 Å². The molecular weight excluding hydrogens is 324 g/mol. The number of nitrogens with zero attached hydrogens (tertiary/aromatic N) is 4. The molecule has 0 aliphatic carbocycles. The summed E-state index contributed by atoms with van der Waals surface area (Å²) >= 11 is 0. The molecule has 0 radical (unpaired) electrons. The Morgan fingerprint density at radius 3 is 2.58 bits per heavy atom. The van der Waals surface area contributed by atoms with Gasteiger partial charge in [0.05, 0.1) is 40.9 Å². The lowest BCUT2D eigenvalue weighted by molar-refractivity contribution is 0.793. The largest absolute Gasteiger partial charge is 0.318 e. The number of aromatic nitrogens is 5. The molecule has 0 fully saturated rings. The lowest BCUT2D eigenvalue weighted by atomic mass is 10.1.